The molecule has 3 rings (SSSR count). The molecule has 2 fully saturated rings. The molecule has 20 heavy (non-hydrogen) atoms. The Balaban J connectivity index is 1.74. The van der Waals surface area contributed by atoms with E-state index in [2.05, 4.69) is 5.32 Å². The van der Waals surface area contributed by atoms with E-state index in [9.17, 15) is 8.78 Å². The van der Waals surface area contributed by atoms with Gasteiger partial charge in [-0.25, -0.2) is 8.78 Å². The highest BCUT2D eigenvalue weighted by Gasteiger charge is 2.56. The second-order valence-corrected chi connectivity index (χ2v) is 5.98. The summed E-state index contributed by atoms with van der Waals surface area (Å²) in [6.45, 7) is 2.75. The standard InChI is InChI=1S/C16H21F2NO/c1-2-20-15-10-14(16(15)5-3-4-6-16)19-13-8-11(17)7-12(18)9-13/h7-9,14-15,19H,2-6,10H2,1H3. The molecule has 1 aromatic carbocycles. The molecule has 2 aliphatic rings. The zero-order chi connectivity index (χ0) is 14.2. The summed E-state index contributed by atoms with van der Waals surface area (Å²) in [5, 5.41) is 3.32. The summed E-state index contributed by atoms with van der Waals surface area (Å²) in [6, 6.07) is 3.89. The first-order chi connectivity index (χ1) is 9.64. The van der Waals surface area contributed by atoms with E-state index in [1.165, 1.54) is 25.0 Å². The quantitative estimate of drug-likeness (QED) is 0.896. The molecular formula is C16H21F2NO. The van der Waals surface area contributed by atoms with E-state index in [1.807, 2.05) is 6.92 Å². The van der Waals surface area contributed by atoms with Crippen LogP contribution in [0.4, 0.5) is 14.5 Å². The smallest absolute Gasteiger partial charge is 0.128 e. The van der Waals surface area contributed by atoms with Gasteiger partial charge in [0.2, 0.25) is 0 Å². The number of anilines is 1. The summed E-state index contributed by atoms with van der Waals surface area (Å²) in [5.74, 6) is -1.07. The third-order valence-electron chi connectivity index (χ3n) is 4.89. The molecule has 2 atom stereocenters. The summed E-state index contributed by atoms with van der Waals surface area (Å²) in [5.41, 5.74) is 0.701. The van der Waals surface area contributed by atoms with Gasteiger partial charge in [0.1, 0.15) is 11.6 Å². The fourth-order valence-corrected chi connectivity index (χ4v) is 3.93. The van der Waals surface area contributed by atoms with Gasteiger partial charge >= 0.3 is 0 Å². The number of halogens is 2. The van der Waals surface area contributed by atoms with E-state index in [-0.39, 0.29) is 11.5 Å². The summed E-state index contributed by atoms with van der Waals surface area (Å²) in [4.78, 5) is 0. The minimum atomic E-state index is -0.534. The van der Waals surface area contributed by atoms with Crippen LogP contribution in [0.2, 0.25) is 0 Å². The van der Waals surface area contributed by atoms with Crippen LogP contribution >= 0.6 is 0 Å². The zero-order valence-electron chi connectivity index (χ0n) is 11.8. The molecule has 1 N–H and O–H groups in total. The van der Waals surface area contributed by atoms with Crippen molar-refractivity contribution in [3.8, 4) is 0 Å². The van der Waals surface area contributed by atoms with Crippen molar-refractivity contribution in [3.05, 3.63) is 29.8 Å². The van der Waals surface area contributed by atoms with Crippen LogP contribution < -0.4 is 5.32 Å². The number of ether oxygens (including phenoxy) is 1. The average molecular weight is 281 g/mol. The monoisotopic (exact) mass is 281 g/mol. The normalized spacial score (nSPS) is 27.6. The number of nitrogens with one attached hydrogen (secondary N) is 1. The molecule has 0 amide bonds. The Kier molecular flexibility index (Phi) is 3.67. The van der Waals surface area contributed by atoms with Crippen molar-refractivity contribution in [3.63, 3.8) is 0 Å². The van der Waals surface area contributed by atoms with E-state index in [0.717, 1.165) is 31.9 Å². The van der Waals surface area contributed by atoms with E-state index in [1.54, 1.807) is 0 Å². The molecule has 1 spiro atoms. The second kappa shape index (κ2) is 5.32. The van der Waals surface area contributed by atoms with Gasteiger partial charge in [-0.2, -0.15) is 0 Å². The maximum absolute atomic E-state index is 13.3. The lowest BCUT2D eigenvalue weighted by molar-refractivity contribution is -0.114. The summed E-state index contributed by atoms with van der Waals surface area (Å²) < 4.78 is 32.4. The van der Waals surface area contributed by atoms with Gasteiger partial charge < -0.3 is 10.1 Å². The Morgan fingerprint density at radius 1 is 1.20 bits per heavy atom. The van der Waals surface area contributed by atoms with E-state index < -0.39 is 11.6 Å². The molecule has 110 valence electrons. The predicted molar refractivity (Wildman–Crippen MR) is 74.7 cm³/mol. The van der Waals surface area contributed by atoms with Crippen LogP contribution in [0.25, 0.3) is 0 Å². The molecule has 0 bridgehead atoms. The zero-order valence-corrected chi connectivity index (χ0v) is 11.8. The van der Waals surface area contributed by atoms with Crippen LogP contribution in [0.15, 0.2) is 18.2 Å². The average Bonchev–Trinajstić information content (AvgIpc) is 2.88. The third-order valence-corrected chi connectivity index (χ3v) is 4.89. The van der Waals surface area contributed by atoms with Crippen molar-refractivity contribution >= 4 is 5.69 Å². The van der Waals surface area contributed by atoms with E-state index >= 15 is 0 Å². The van der Waals surface area contributed by atoms with Crippen LogP contribution in [-0.4, -0.2) is 18.8 Å². The lowest BCUT2D eigenvalue weighted by atomic mass is 9.60. The van der Waals surface area contributed by atoms with Gasteiger partial charge in [-0.3, -0.25) is 0 Å². The summed E-state index contributed by atoms with van der Waals surface area (Å²) in [6.07, 6.45) is 5.95. The van der Waals surface area contributed by atoms with Crippen LogP contribution in [-0.2, 0) is 4.74 Å². The Labute approximate surface area is 118 Å². The molecule has 0 heterocycles. The fraction of sp³-hybridized carbons (Fsp3) is 0.625. The lowest BCUT2D eigenvalue weighted by Gasteiger charge is -2.54. The maximum Gasteiger partial charge on any atom is 0.128 e. The van der Waals surface area contributed by atoms with Crippen molar-refractivity contribution < 1.29 is 13.5 Å². The number of benzene rings is 1. The maximum atomic E-state index is 13.3. The first-order valence-corrected chi connectivity index (χ1v) is 7.48. The van der Waals surface area contributed by atoms with Crippen molar-refractivity contribution in [2.24, 2.45) is 5.41 Å². The van der Waals surface area contributed by atoms with Crippen molar-refractivity contribution in [1.29, 1.82) is 0 Å². The molecule has 1 aromatic rings. The Hall–Kier alpha value is -1.16. The Bertz CT molecular complexity index is 465. The first-order valence-electron chi connectivity index (χ1n) is 7.48. The molecule has 0 aromatic heterocycles. The Morgan fingerprint density at radius 2 is 1.85 bits per heavy atom. The van der Waals surface area contributed by atoms with Gasteiger partial charge in [0.05, 0.1) is 6.10 Å². The topological polar surface area (TPSA) is 21.3 Å². The molecular weight excluding hydrogens is 260 g/mol. The third kappa shape index (κ3) is 2.30. The minimum absolute atomic E-state index is 0.165. The van der Waals surface area contributed by atoms with Crippen LogP contribution in [0.3, 0.4) is 0 Å². The number of rotatable bonds is 4. The van der Waals surface area contributed by atoms with Gasteiger partial charge in [-0.1, -0.05) is 12.8 Å². The van der Waals surface area contributed by atoms with Gasteiger partial charge in [-0.05, 0) is 38.3 Å². The second-order valence-electron chi connectivity index (χ2n) is 5.98. The largest absolute Gasteiger partial charge is 0.381 e. The van der Waals surface area contributed by atoms with E-state index in [0.29, 0.717) is 11.8 Å². The van der Waals surface area contributed by atoms with Gasteiger partial charge in [-0.15, -0.1) is 0 Å². The first kappa shape index (κ1) is 13.8. The lowest BCUT2D eigenvalue weighted by Crippen LogP contribution is -2.60. The molecule has 2 nitrogen and oxygen atoms in total. The number of hydrogen-bond donors (Lipinski definition) is 1. The van der Waals surface area contributed by atoms with Gasteiger partial charge in [0, 0.05) is 29.8 Å². The highest BCUT2D eigenvalue weighted by Crippen LogP contribution is 2.55. The van der Waals surface area contributed by atoms with Crippen LogP contribution in [0.5, 0.6) is 0 Å². The number of hydrogen-bond acceptors (Lipinski definition) is 2. The van der Waals surface area contributed by atoms with Crippen LogP contribution in [0.1, 0.15) is 39.0 Å². The summed E-state index contributed by atoms with van der Waals surface area (Å²) in [7, 11) is 0. The molecule has 4 heteroatoms. The van der Waals surface area contributed by atoms with Crippen molar-refractivity contribution in [2.75, 3.05) is 11.9 Å². The molecule has 0 saturated heterocycles. The van der Waals surface area contributed by atoms with E-state index in [4.69, 9.17) is 4.74 Å². The van der Waals surface area contributed by atoms with Crippen LogP contribution in [0, 0.1) is 17.0 Å². The molecule has 2 saturated carbocycles. The highest BCUT2D eigenvalue weighted by molar-refractivity contribution is 5.46. The SMILES string of the molecule is CCOC1CC(Nc2cc(F)cc(F)c2)C12CCCC2. The minimum Gasteiger partial charge on any atom is -0.381 e. The summed E-state index contributed by atoms with van der Waals surface area (Å²) >= 11 is 0. The Morgan fingerprint density at radius 3 is 2.45 bits per heavy atom. The van der Waals surface area contributed by atoms with Crippen molar-refractivity contribution in [2.45, 2.75) is 51.2 Å². The van der Waals surface area contributed by atoms with Crippen molar-refractivity contribution in [1.82, 2.24) is 0 Å². The molecule has 2 unspecified atom stereocenters. The van der Waals surface area contributed by atoms with Gasteiger partial charge in [0.15, 0.2) is 0 Å². The molecule has 0 radical (unpaired) electrons. The molecule has 0 aliphatic heterocycles. The highest BCUT2D eigenvalue weighted by atomic mass is 19.1. The fourth-order valence-electron chi connectivity index (χ4n) is 3.93. The molecule has 2 aliphatic carbocycles. The van der Waals surface area contributed by atoms with Gasteiger partial charge in [0.25, 0.3) is 0 Å². The predicted octanol–water partition coefficient (Wildman–Crippen LogP) is 4.11.